The Morgan fingerprint density at radius 2 is 2.00 bits per heavy atom. The Balaban J connectivity index is 1.73. The molecule has 0 spiro atoms. The lowest BCUT2D eigenvalue weighted by atomic mass is 10.2. The van der Waals surface area contributed by atoms with Crippen LogP contribution in [0.5, 0.6) is 0 Å². The average Bonchev–Trinajstić information content (AvgIpc) is 2.88. The zero-order valence-electron chi connectivity index (χ0n) is 10.6. The van der Waals surface area contributed by atoms with Gasteiger partial charge in [-0.2, -0.15) is 0 Å². The fraction of sp³-hybridized carbons (Fsp3) is 0.385. The molecular formula is C13H15IN2O4. The van der Waals surface area contributed by atoms with Crippen molar-refractivity contribution < 1.29 is 19.4 Å². The molecular weight excluding hydrogens is 375 g/mol. The van der Waals surface area contributed by atoms with Crippen LogP contribution in [0, 0.1) is 3.57 Å². The number of carboxylic acid groups (broad SMARTS) is 1. The molecule has 0 aromatic heterocycles. The van der Waals surface area contributed by atoms with Crippen LogP contribution in [-0.4, -0.2) is 35.9 Å². The molecule has 20 heavy (non-hydrogen) atoms. The molecule has 2 unspecified atom stereocenters. The number of ether oxygens (including phenoxy) is 1. The van der Waals surface area contributed by atoms with Crippen molar-refractivity contribution in [3.05, 3.63) is 27.8 Å². The molecule has 7 heteroatoms. The van der Waals surface area contributed by atoms with Crippen LogP contribution in [0.3, 0.4) is 0 Å². The van der Waals surface area contributed by atoms with Gasteiger partial charge in [-0.1, -0.05) is 0 Å². The highest BCUT2D eigenvalue weighted by Gasteiger charge is 2.30. The van der Waals surface area contributed by atoms with Crippen LogP contribution in [-0.2, 0) is 9.53 Å². The number of halogens is 1. The van der Waals surface area contributed by atoms with Gasteiger partial charge in [0.1, 0.15) is 0 Å². The number of carbonyl (C=O) groups excluding carboxylic acids is 1. The molecule has 1 fully saturated rings. The summed E-state index contributed by atoms with van der Waals surface area (Å²) in [5, 5.41) is 14.2. The quantitative estimate of drug-likeness (QED) is 0.687. The van der Waals surface area contributed by atoms with Crippen LogP contribution in [0.25, 0.3) is 0 Å². The van der Waals surface area contributed by atoms with Gasteiger partial charge in [0, 0.05) is 15.8 Å². The fourth-order valence-electron chi connectivity index (χ4n) is 1.95. The second-order valence-corrected chi connectivity index (χ2v) is 5.75. The van der Waals surface area contributed by atoms with Crippen LogP contribution in [0.4, 0.5) is 10.5 Å². The first-order chi connectivity index (χ1) is 9.54. The first-order valence-corrected chi connectivity index (χ1v) is 7.31. The molecule has 2 amide bonds. The minimum atomic E-state index is -0.948. The topological polar surface area (TPSA) is 87.7 Å². The Hall–Kier alpha value is -1.35. The largest absolute Gasteiger partial charge is 0.479 e. The van der Waals surface area contributed by atoms with Gasteiger partial charge in [0.2, 0.25) is 0 Å². The Labute approximate surface area is 130 Å². The number of urea groups is 1. The van der Waals surface area contributed by atoms with E-state index >= 15 is 0 Å². The van der Waals surface area contributed by atoms with Crippen molar-refractivity contribution in [2.75, 3.05) is 11.9 Å². The normalized spacial score (nSPS) is 21.4. The van der Waals surface area contributed by atoms with E-state index in [0.29, 0.717) is 25.1 Å². The van der Waals surface area contributed by atoms with E-state index in [1.807, 2.05) is 24.3 Å². The predicted molar refractivity (Wildman–Crippen MR) is 81.7 cm³/mol. The average molecular weight is 390 g/mol. The minimum Gasteiger partial charge on any atom is -0.479 e. The van der Waals surface area contributed by atoms with E-state index in [9.17, 15) is 9.59 Å². The smallest absolute Gasteiger partial charge is 0.332 e. The van der Waals surface area contributed by atoms with E-state index in [0.717, 1.165) is 3.57 Å². The zero-order valence-corrected chi connectivity index (χ0v) is 12.8. The summed E-state index contributed by atoms with van der Waals surface area (Å²) in [6, 6.07) is 7.09. The molecule has 6 nitrogen and oxygen atoms in total. The summed E-state index contributed by atoms with van der Waals surface area (Å²) in [4.78, 5) is 22.4. The molecule has 0 bridgehead atoms. The number of rotatable bonds is 4. The van der Waals surface area contributed by atoms with Crippen molar-refractivity contribution in [1.82, 2.24) is 5.32 Å². The van der Waals surface area contributed by atoms with Crippen molar-refractivity contribution in [2.45, 2.75) is 25.0 Å². The molecule has 1 aliphatic heterocycles. The Morgan fingerprint density at radius 3 is 2.60 bits per heavy atom. The first kappa shape index (κ1) is 15.0. The number of carboxylic acids is 1. The van der Waals surface area contributed by atoms with Crippen LogP contribution in [0.1, 0.15) is 12.8 Å². The molecule has 3 N–H and O–H groups in total. The number of carbonyl (C=O) groups is 2. The summed E-state index contributed by atoms with van der Waals surface area (Å²) in [5.41, 5.74) is 0.707. The number of nitrogens with one attached hydrogen (secondary N) is 2. The number of hydrogen-bond acceptors (Lipinski definition) is 3. The van der Waals surface area contributed by atoms with Gasteiger partial charge in [0.15, 0.2) is 6.10 Å². The summed E-state index contributed by atoms with van der Waals surface area (Å²) < 4.78 is 6.39. The number of hydrogen-bond donors (Lipinski definition) is 3. The maximum Gasteiger partial charge on any atom is 0.332 e. The Bertz CT molecular complexity index is 492. The maximum absolute atomic E-state index is 11.7. The summed E-state index contributed by atoms with van der Waals surface area (Å²) in [6.45, 7) is 0.306. The molecule has 108 valence electrons. The van der Waals surface area contributed by atoms with Crippen molar-refractivity contribution >= 4 is 40.3 Å². The van der Waals surface area contributed by atoms with E-state index < -0.39 is 12.1 Å². The van der Waals surface area contributed by atoms with Crippen LogP contribution >= 0.6 is 22.6 Å². The molecule has 1 aliphatic rings. The molecule has 1 heterocycles. The van der Waals surface area contributed by atoms with Gasteiger partial charge in [-0.25, -0.2) is 9.59 Å². The van der Waals surface area contributed by atoms with Crippen molar-refractivity contribution in [3.63, 3.8) is 0 Å². The molecule has 2 rings (SSSR count). The van der Waals surface area contributed by atoms with Gasteiger partial charge in [-0.3, -0.25) is 0 Å². The first-order valence-electron chi connectivity index (χ1n) is 6.23. The molecule has 2 atom stereocenters. The van der Waals surface area contributed by atoms with Gasteiger partial charge < -0.3 is 20.5 Å². The second-order valence-electron chi connectivity index (χ2n) is 4.50. The summed E-state index contributed by atoms with van der Waals surface area (Å²) >= 11 is 2.19. The molecule has 0 radical (unpaired) electrons. The standard InChI is InChI=1S/C13H15IN2O4/c14-8-1-3-9(4-2-8)16-13(19)15-7-10-5-6-11(20-10)12(17)18/h1-4,10-11H,5-7H2,(H,17,18)(H2,15,16,19). The lowest BCUT2D eigenvalue weighted by Gasteiger charge is -2.13. The highest BCUT2D eigenvalue weighted by Crippen LogP contribution is 2.19. The van der Waals surface area contributed by atoms with E-state index in [1.165, 1.54) is 0 Å². The lowest BCUT2D eigenvalue weighted by Crippen LogP contribution is -2.35. The van der Waals surface area contributed by atoms with Gasteiger partial charge in [-0.05, 0) is 59.7 Å². The van der Waals surface area contributed by atoms with Crippen LogP contribution in [0.15, 0.2) is 24.3 Å². The molecule has 0 aliphatic carbocycles. The van der Waals surface area contributed by atoms with Crippen LogP contribution < -0.4 is 10.6 Å². The number of anilines is 1. The Kier molecular flexibility index (Phi) is 5.18. The monoisotopic (exact) mass is 390 g/mol. The molecule has 0 saturated carbocycles. The number of benzene rings is 1. The molecule has 1 aromatic rings. The number of amides is 2. The molecule has 1 aromatic carbocycles. The van der Waals surface area contributed by atoms with Gasteiger partial charge in [0.05, 0.1) is 6.10 Å². The maximum atomic E-state index is 11.7. The highest BCUT2D eigenvalue weighted by atomic mass is 127. The van der Waals surface area contributed by atoms with Gasteiger partial charge in [0.25, 0.3) is 0 Å². The predicted octanol–water partition coefficient (Wildman–Crippen LogP) is 2.04. The third-order valence-electron chi connectivity index (χ3n) is 2.98. The van der Waals surface area contributed by atoms with E-state index in [4.69, 9.17) is 9.84 Å². The molecule has 1 saturated heterocycles. The summed E-state index contributed by atoms with van der Waals surface area (Å²) in [6.07, 6.45) is 0.140. The van der Waals surface area contributed by atoms with E-state index in [-0.39, 0.29) is 12.1 Å². The zero-order chi connectivity index (χ0) is 14.5. The van der Waals surface area contributed by atoms with Gasteiger partial charge in [-0.15, -0.1) is 0 Å². The minimum absolute atomic E-state index is 0.237. The third-order valence-corrected chi connectivity index (χ3v) is 3.69. The van der Waals surface area contributed by atoms with E-state index in [2.05, 4.69) is 33.2 Å². The SMILES string of the molecule is O=C(NCC1CCC(C(=O)O)O1)Nc1ccc(I)cc1. The fourth-order valence-corrected chi connectivity index (χ4v) is 2.31. The van der Waals surface area contributed by atoms with Crippen molar-refractivity contribution in [2.24, 2.45) is 0 Å². The Morgan fingerprint density at radius 1 is 1.30 bits per heavy atom. The van der Waals surface area contributed by atoms with Crippen molar-refractivity contribution in [3.8, 4) is 0 Å². The van der Waals surface area contributed by atoms with E-state index in [1.54, 1.807) is 0 Å². The third kappa shape index (κ3) is 4.34. The second kappa shape index (κ2) is 6.89. The van der Waals surface area contributed by atoms with Crippen LogP contribution in [0.2, 0.25) is 0 Å². The summed E-state index contributed by atoms with van der Waals surface area (Å²) in [7, 11) is 0. The number of aliphatic carboxylic acids is 1. The highest BCUT2D eigenvalue weighted by molar-refractivity contribution is 14.1. The lowest BCUT2D eigenvalue weighted by molar-refractivity contribution is -0.149. The summed E-state index contributed by atoms with van der Waals surface area (Å²) in [5.74, 6) is -0.948. The van der Waals surface area contributed by atoms with Gasteiger partial charge >= 0.3 is 12.0 Å². The van der Waals surface area contributed by atoms with Crippen molar-refractivity contribution in [1.29, 1.82) is 0 Å².